The van der Waals surface area contributed by atoms with Crippen LogP contribution in [0, 0.1) is 12.8 Å². The molecule has 0 atom stereocenters. The Kier molecular flexibility index (Phi) is 6.46. The summed E-state index contributed by atoms with van der Waals surface area (Å²) >= 11 is 0. The Morgan fingerprint density at radius 1 is 0.871 bits per heavy atom. The van der Waals surface area contributed by atoms with Crippen LogP contribution in [0.5, 0.6) is 0 Å². The van der Waals surface area contributed by atoms with E-state index in [1.165, 1.54) is 5.56 Å². The van der Waals surface area contributed by atoms with E-state index in [0.29, 0.717) is 25.9 Å². The highest BCUT2D eigenvalue weighted by molar-refractivity contribution is 5.96. The fraction of sp³-hybridized carbons (Fsp3) is 0.259. The van der Waals surface area contributed by atoms with Crippen LogP contribution in [-0.2, 0) is 11.2 Å². The standard InChI is InChI=1S/C27H28N2O2/c1-20-9-5-7-13-24(20)27(31)29-17-15-22(16-18-29)26(30)28-25-14-8-6-12-23(25)19-21-10-3-2-4-11-21/h2-14,22H,15-19H2,1H3,(H,28,30). The van der Waals surface area contributed by atoms with Gasteiger partial charge in [-0.1, -0.05) is 66.7 Å². The zero-order chi connectivity index (χ0) is 21.6. The molecule has 3 aromatic rings. The third-order valence-corrected chi connectivity index (χ3v) is 6.04. The summed E-state index contributed by atoms with van der Waals surface area (Å²) in [5, 5.41) is 3.14. The number of carbonyl (C=O) groups excluding carboxylic acids is 2. The number of piperidine rings is 1. The highest BCUT2D eigenvalue weighted by Gasteiger charge is 2.28. The average Bonchev–Trinajstić information content (AvgIpc) is 2.81. The Balaban J connectivity index is 1.37. The van der Waals surface area contributed by atoms with E-state index in [4.69, 9.17) is 0 Å². The first-order valence-electron chi connectivity index (χ1n) is 10.9. The maximum atomic E-state index is 13.0. The average molecular weight is 413 g/mol. The number of aryl methyl sites for hydroxylation is 1. The zero-order valence-corrected chi connectivity index (χ0v) is 17.9. The normalized spacial score (nSPS) is 14.3. The van der Waals surface area contributed by atoms with Crippen molar-refractivity contribution in [2.45, 2.75) is 26.2 Å². The van der Waals surface area contributed by atoms with Gasteiger partial charge in [0.05, 0.1) is 0 Å². The fourth-order valence-electron chi connectivity index (χ4n) is 4.17. The molecule has 2 amide bonds. The van der Waals surface area contributed by atoms with Gasteiger partial charge in [0, 0.05) is 30.3 Å². The van der Waals surface area contributed by atoms with Crippen molar-refractivity contribution < 1.29 is 9.59 Å². The maximum Gasteiger partial charge on any atom is 0.254 e. The minimum absolute atomic E-state index is 0.0449. The van der Waals surface area contributed by atoms with Crippen molar-refractivity contribution in [1.29, 1.82) is 0 Å². The molecule has 0 radical (unpaired) electrons. The number of hydrogen-bond acceptors (Lipinski definition) is 2. The molecule has 0 bridgehead atoms. The van der Waals surface area contributed by atoms with Crippen LogP contribution in [0.4, 0.5) is 5.69 Å². The van der Waals surface area contributed by atoms with Gasteiger partial charge in [-0.05, 0) is 55.0 Å². The molecule has 0 aliphatic carbocycles. The first-order valence-corrected chi connectivity index (χ1v) is 10.9. The van der Waals surface area contributed by atoms with Crippen molar-refractivity contribution in [3.8, 4) is 0 Å². The highest BCUT2D eigenvalue weighted by atomic mass is 16.2. The molecule has 3 aromatic carbocycles. The van der Waals surface area contributed by atoms with Crippen molar-refractivity contribution in [3.63, 3.8) is 0 Å². The number of rotatable bonds is 5. The molecule has 0 aromatic heterocycles. The largest absolute Gasteiger partial charge is 0.339 e. The molecule has 1 heterocycles. The van der Waals surface area contributed by atoms with Gasteiger partial charge in [0.2, 0.25) is 5.91 Å². The summed E-state index contributed by atoms with van der Waals surface area (Å²) in [5.74, 6) is 0.0272. The van der Waals surface area contributed by atoms with Gasteiger partial charge in [-0.25, -0.2) is 0 Å². The Bertz CT molecular complexity index is 1050. The lowest BCUT2D eigenvalue weighted by atomic mass is 9.94. The molecule has 158 valence electrons. The lowest BCUT2D eigenvalue weighted by Gasteiger charge is -2.32. The second-order valence-corrected chi connectivity index (χ2v) is 8.19. The number of anilines is 1. The second-order valence-electron chi connectivity index (χ2n) is 8.19. The number of hydrogen-bond donors (Lipinski definition) is 1. The summed E-state index contributed by atoms with van der Waals surface area (Å²) in [7, 11) is 0. The molecular weight excluding hydrogens is 384 g/mol. The summed E-state index contributed by atoms with van der Waals surface area (Å²) in [6.07, 6.45) is 2.15. The summed E-state index contributed by atoms with van der Waals surface area (Å²) in [6.45, 7) is 3.17. The van der Waals surface area contributed by atoms with E-state index in [9.17, 15) is 9.59 Å². The number of para-hydroxylation sites is 1. The molecule has 1 saturated heterocycles. The molecular formula is C27H28N2O2. The molecule has 4 rings (SSSR count). The predicted molar refractivity (Wildman–Crippen MR) is 124 cm³/mol. The third kappa shape index (κ3) is 5.02. The van der Waals surface area contributed by atoms with E-state index in [1.807, 2.05) is 72.5 Å². The molecule has 1 aliphatic rings. The topological polar surface area (TPSA) is 49.4 Å². The number of nitrogens with zero attached hydrogens (tertiary/aromatic N) is 1. The molecule has 1 fully saturated rings. The summed E-state index contributed by atoms with van der Waals surface area (Å²) in [5.41, 5.74) is 4.93. The second kappa shape index (κ2) is 9.61. The number of benzene rings is 3. The van der Waals surface area contributed by atoms with Gasteiger partial charge in [0.15, 0.2) is 0 Å². The lowest BCUT2D eigenvalue weighted by Crippen LogP contribution is -2.41. The predicted octanol–water partition coefficient (Wildman–Crippen LogP) is 5.08. The Labute approximate surface area is 183 Å². The first kappa shape index (κ1) is 20.9. The van der Waals surface area contributed by atoms with E-state index in [-0.39, 0.29) is 17.7 Å². The number of nitrogens with one attached hydrogen (secondary N) is 1. The van der Waals surface area contributed by atoms with Crippen LogP contribution in [0.1, 0.15) is 39.9 Å². The summed E-state index contributed by atoms with van der Waals surface area (Å²) in [4.78, 5) is 27.7. The van der Waals surface area contributed by atoms with Crippen molar-refractivity contribution >= 4 is 17.5 Å². The Hall–Kier alpha value is -3.40. The van der Waals surface area contributed by atoms with Crippen molar-refractivity contribution in [1.82, 2.24) is 4.90 Å². The van der Waals surface area contributed by atoms with Crippen LogP contribution >= 0.6 is 0 Å². The van der Waals surface area contributed by atoms with Crippen LogP contribution in [-0.4, -0.2) is 29.8 Å². The van der Waals surface area contributed by atoms with E-state index in [2.05, 4.69) is 23.5 Å². The van der Waals surface area contributed by atoms with E-state index >= 15 is 0 Å². The van der Waals surface area contributed by atoms with Gasteiger partial charge in [0.25, 0.3) is 5.91 Å². The smallest absolute Gasteiger partial charge is 0.254 e. The van der Waals surface area contributed by atoms with Gasteiger partial charge >= 0.3 is 0 Å². The molecule has 0 saturated carbocycles. The molecule has 31 heavy (non-hydrogen) atoms. The van der Waals surface area contributed by atoms with Gasteiger partial charge in [-0.2, -0.15) is 0 Å². The van der Waals surface area contributed by atoms with E-state index in [0.717, 1.165) is 28.8 Å². The van der Waals surface area contributed by atoms with Crippen LogP contribution < -0.4 is 5.32 Å². The van der Waals surface area contributed by atoms with Crippen LogP contribution in [0.25, 0.3) is 0 Å². The maximum absolute atomic E-state index is 13.0. The van der Waals surface area contributed by atoms with Crippen LogP contribution in [0.3, 0.4) is 0 Å². The SMILES string of the molecule is Cc1ccccc1C(=O)N1CCC(C(=O)Nc2ccccc2Cc2ccccc2)CC1. The minimum Gasteiger partial charge on any atom is -0.339 e. The van der Waals surface area contributed by atoms with Crippen molar-refractivity contribution in [2.75, 3.05) is 18.4 Å². The van der Waals surface area contributed by atoms with E-state index in [1.54, 1.807) is 0 Å². The lowest BCUT2D eigenvalue weighted by molar-refractivity contribution is -0.121. The van der Waals surface area contributed by atoms with Gasteiger partial charge in [-0.15, -0.1) is 0 Å². The van der Waals surface area contributed by atoms with Gasteiger partial charge < -0.3 is 10.2 Å². The first-order chi connectivity index (χ1) is 15.1. The van der Waals surface area contributed by atoms with Gasteiger partial charge in [-0.3, -0.25) is 9.59 Å². The molecule has 4 nitrogen and oxygen atoms in total. The zero-order valence-electron chi connectivity index (χ0n) is 17.9. The molecule has 1 N–H and O–H groups in total. The number of amides is 2. The monoisotopic (exact) mass is 412 g/mol. The number of likely N-dealkylation sites (tertiary alicyclic amines) is 1. The summed E-state index contributed by atoms with van der Waals surface area (Å²) < 4.78 is 0. The van der Waals surface area contributed by atoms with E-state index < -0.39 is 0 Å². The molecule has 0 spiro atoms. The highest BCUT2D eigenvalue weighted by Crippen LogP contribution is 2.24. The molecule has 4 heteroatoms. The third-order valence-electron chi connectivity index (χ3n) is 6.04. The van der Waals surface area contributed by atoms with Crippen LogP contribution in [0.2, 0.25) is 0 Å². The van der Waals surface area contributed by atoms with Gasteiger partial charge in [0.1, 0.15) is 0 Å². The summed E-state index contributed by atoms with van der Waals surface area (Å²) in [6, 6.07) is 25.9. The molecule has 1 aliphatic heterocycles. The Morgan fingerprint density at radius 3 is 2.26 bits per heavy atom. The van der Waals surface area contributed by atoms with Crippen molar-refractivity contribution in [3.05, 3.63) is 101 Å². The van der Waals surface area contributed by atoms with Crippen molar-refractivity contribution in [2.24, 2.45) is 5.92 Å². The Morgan fingerprint density at radius 2 is 1.52 bits per heavy atom. The van der Waals surface area contributed by atoms with Crippen LogP contribution in [0.15, 0.2) is 78.9 Å². The molecule has 0 unspecified atom stereocenters. The quantitative estimate of drug-likeness (QED) is 0.636. The fourth-order valence-corrected chi connectivity index (χ4v) is 4.17. The number of carbonyl (C=O) groups is 2. The minimum atomic E-state index is -0.0781.